The molecule has 0 saturated carbocycles. The molecule has 0 saturated heterocycles. The van der Waals surface area contributed by atoms with Gasteiger partial charge in [0, 0.05) is 48.5 Å². The number of rotatable bonds is 3. The van der Waals surface area contributed by atoms with Crippen LogP contribution in [0.4, 0.5) is 5.69 Å². The molecule has 22 heavy (non-hydrogen) atoms. The van der Waals surface area contributed by atoms with Gasteiger partial charge in [0.05, 0.1) is 6.26 Å². The second kappa shape index (κ2) is 5.44. The highest BCUT2D eigenvalue weighted by Gasteiger charge is 2.15. The summed E-state index contributed by atoms with van der Waals surface area (Å²) in [6.07, 6.45) is 6.57. The standard InChI is InChI=1S/C16H21N3O2S/c1-18-8-6-12(7-9-18)15-11-19(2)16-5-4-13(10-14(15)16)17-22(3,20)21/h4-6,10-11,17H,7-9H2,1-3H3. The van der Waals surface area contributed by atoms with E-state index in [1.807, 2.05) is 19.2 Å². The number of hydrogen-bond acceptors (Lipinski definition) is 3. The zero-order chi connectivity index (χ0) is 15.9. The van der Waals surface area contributed by atoms with Gasteiger partial charge >= 0.3 is 0 Å². The van der Waals surface area contributed by atoms with Crippen molar-refractivity contribution in [2.75, 3.05) is 31.1 Å². The van der Waals surface area contributed by atoms with Crippen molar-refractivity contribution >= 4 is 32.2 Å². The summed E-state index contributed by atoms with van der Waals surface area (Å²) in [6.45, 7) is 2.00. The van der Waals surface area contributed by atoms with E-state index in [9.17, 15) is 8.42 Å². The maximum absolute atomic E-state index is 11.4. The summed E-state index contributed by atoms with van der Waals surface area (Å²) >= 11 is 0. The highest BCUT2D eigenvalue weighted by Crippen LogP contribution is 2.32. The minimum atomic E-state index is -3.26. The van der Waals surface area contributed by atoms with Gasteiger partial charge in [0.15, 0.2) is 0 Å². The monoisotopic (exact) mass is 319 g/mol. The van der Waals surface area contributed by atoms with Crippen LogP contribution in [0, 0.1) is 0 Å². The summed E-state index contributed by atoms with van der Waals surface area (Å²) < 4.78 is 27.5. The molecule has 1 aromatic carbocycles. The van der Waals surface area contributed by atoms with Crippen molar-refractivity contribution in [3.05, 3.63) is 36.0 Å². The lowest BCUT2D eigenvalue weighted by atomic mass is 9.99. The Kier molecular flexibility index (Phi) is 3.74. The van der Waals surface area contributed by atoms with Crippen molar-refractivity contribution in [1.82, 2.24) is 9.47 Å². The van der Waals surface area contributed by atoms with Gasteiger partial charge in [0.25, 0.3) is 0 Å². The van der Waals surface area contributed by atoms with E-state index in [2.05, 4.69) is 33.5 Å². The summed E-state index contributed by atoms with van der Waals surface area (Å²) in [5.74, 6) is 0. The lowest BCUT2D eigenvalue weighted by molar-refractivity contribution is 0.370. The molecule has 2 aromatic rings. The van der Waals surface area contributed by atoms with Gasteiger partial charge in [-0.3, -0.25) is 4.72 Å². The Bertz CT molecular complexity index is 850. The summed E-state index contributed by atoms with van der Waals surface area (Å²) in [4.78, 5) is 2.28. The Hall–Kier alpha value is -1.79. The first-order valence-corrected chi connectivity index (χ1v) is 9.17. The molecule has 6 heteroatoms. The van der Waals surface area contributed by atoms with Crippen LogP contribution in [0.15, 0.2) is 30.5 Å². The second-order valence-corrected chi connectivity index (χ2v) is 7.75. The molecular weight excluding hydrogens is 298 g/mol. The van der Waals surface area contributed by atoms with Crippen LogP contribution in [0.3, 0.4) is 0 Å². The molecule has 0 atom stereocenters. The lowest BCUT2D eigenvalue weighted by Gasteiger charge is -2.21. The number of nitrogens with one attached hydrogen (secondary N) is 1. The molecule has 0 amide bonds. The zero-order valence-electron chi connectivity index (χ0n) is 13.1. The molecule has 1 aliphatic heterocycles. The third kappa shape index (κ3) is 3.03. The molecule has 0 radical (unpaired) electrons. The summed E-state index contributed by atoms with van der Waals surface area (Å²) in [5, 5.41) is 1.09. The van der Waals surface area contributed by atoms with Crippen LogP contribution in [0.2, 0.25) is 0 Å². The first kappa shape index (κ1) is 15.1. The minimum absolute atomic E-state index is 0.607. The van der Waals surface area contributed by atoms with Crippen molar-refractivity contribution in [3.63, 3.8) is 0 Å². The molecule has 1 aromatic heterocycles. The molecule has 1 aliphatic rings. The van der Waals surface area contributed by atoms with E-state index in [-0.39, 0.29) is 0 Å². The lowest BCUT2D eigenvalue weighted by Crippen LogP contribution is -2.23. The molecule has 1 N–H and O–H groups in total. The van der Waals surface area contributed by atoms with Crippen LogP contribution in [-0.4, -0.2) is 44.3 Å². The van der Waals surface area contributed by atoms with Gasteiger partial charge < -0.3 is 9.47 Å². The number of sulfonamides is 1. The van der Waals surface area contributed by atoms with Crippen LogP contribution in [0.5, 0.6) is 0 Å². The van der Waals surface area contributed by atoms with E-state index < -0.39 is 10.0 Å². The fraction of sp³-hybridized carbons (Fsp3) is 0.375. The largest absolute Gasteiger partial charge is 0.350 e. The quantitative estimate of drug-likeness (QED) is 0.944. The predicted molar refractivity (Wildman–Crippen MR) is 91.5 cm³/mol. The zero-order valence-corrected chi connectivity index (χ0v) is 13.9. The van der Waals surface area contributed by atoms with Crippen molar-refractivity contribution in [2.45, 2.75) is 6.42 Å². The molecule has 2 heterocycles. The molecule has 3 rings (SSSR count). The summed E-state index contributed by atoms with van der Waals surface area (Å²) in [5.41, 5.74) is 4.24. The third-order valence-corrected chi connectivity index (χ3v) is 4.66. The minimum Gasteiger partial charge on any atom is -0.350 e. The average Bonchev–Trinajstić information content (AvgIpc) is 2.75. The molecule has 0 spiro atoms. The SMILES string of the molecule is CN1CC=C(c2cn(C)c3ccc(NS(C)(=O)=O)cc23)CC1. The highest BCUT2D eigenvalue weighted by atomic mass is 32.2. The van der Waals surface area contributed by atoms with Gasteiger partial charge in [-0.25, -0.2) is 8.42 Å². The molecular formula is C16H21N3O2S. The van der Waals surface area contributed by atoms with E-state index in [0.29, 0.717) is 5.69 Å². The van der Waals surface area contributed by atoms with E-state index in [1.165, 1.54) is 17.4 Å². The second-order valence-electron chi connectivity index (χ2n) is 6.00. The van der Waals surface area contributed by atoms with Gasteiger partial charge in [-0.05, 0) is 37.2 Å². The Labute approximate surface area is 131 Å². The van der Waals surface area contributed by atoms with Crippen LogP contribution in [-0.2, 0) is 17.1 Å². The predicted octanol–water partition coefficient (Wildman–Crippen LogP) is 2.27. The first-order chi connectivity index (χ1) is 10.3. The topological polar surface area (TPSA) is 54.3 Å². The normalized spacial score (nSPS) is 16.8. The van der Waals surface area contributed by atoms with E-state index >= 15 is 0 Å². The average molecular weight is 319 g/mol. The van der Waals surface area contributed by atoms with Crippen molar-refractivity contribution in [2.24, 2.45) is 7.05 Å². The number of nitrogens with zero attached hydrogens (tertiary/aromatic N) is 2. The van der Waals surface area contributed by atoms with Gasteiger partial charge in [0.2, 0.25) is 10.0 Å². The van der Waals surface area contributed by atoms with Crippen molar-refractivity contribution in [1.29, 1.82) is 0 Å². The Morgan fingerprint density at radius 2 is 2.00 bits per heavy atom. The number of anilines is 1. The number of hydrogen-bond donors (Lipinski definition) is 1. The molecule has 5 nitrogen and oxygen atoms in total. The van der Waals surface area contributed by atoms with Crippen LogP contribution in [0.25, 0.3) is 16.5 Å². The van der Waals surface area contributed by atoms with Gasteiger partial charge in [0.1, 0.15) is 0 Å². The van der Waals surface area contributed by atoms with Gasteiger partial charge in [-0.1, -0.05) is 6.08 Å². The van der Waals surface area contributed by atoms with Gasteiger partial charge in [-0.2, -0.15) is 0 Å². The maximum atomic E-state index is 11.4. The number of aryl methyl sites for hydroxylation is 1. The Morgan fingerprint density at radius 3 is 2.64 bits per heavy atom. The van der Waals surface area contributed by atoms with Gasteiger partial charge in [-0.15, -0.1) is 0 Å². The van der Waals surface area contributed by atoms with Crippen LogP contribution >= 0.6 is 0 Å². The van der Waals surface area contributed by atoms with Crippen LogP contribution < -0.4 is 4.72 Å². The molecule has 0 fully saturated rings. The summed E-state index contributed by atoms with van der Waals surface area (Å²) in [6, 6.07) is 5.68. The number of aromatic nitrogens is 1. The Balaban J connectivity index is 2.08. The molecule has 0 aliphatic carbocycles. The highest BCUT2D eigenvalue weighted by molar-refractivity contribution is 7.92. The first-order valence-electron chi connectivity index (χ1n) is 7.28. The summed E-state index contributed by atoms with van der Waals surface area (Å²) in [7, 11) is 0.872. The molecule has 118 valence electrons. The fourth-order valence-corrected chi connectivity index (χ4v) is 3.50. The van der Waals surface area contributed by atoms with Crippen LogP contribution in [0.1, 0.15) is 12.0 Å². The maximum Gasteiger partial charge on any atom is 0.229 e. The number of fused-ring (bicyclic) bond motifs is 1. The molecule has 0 bridgehead atoms. The number of likely N-dealkylation sites (N-methyl/N-ethyl adjacent to an activating group) is 1. The Morgan fingerprint density at radius 1 is 1.23 bits per heavy atom. The smallest absolute Gasteiger partial charge is 0.229 e. The van der Waals surface area contributed by atoms with E-state index in [1.54, 1.807) is 6.07 Å². The van der Waals surface area contributed by atoms with Crippen molar-refractivity contribution in [3.8, 4) is 0 Å². The number of benzene rings is 1. The van der Waals surface area contributed by atoms with E-state index in [4.69, 9.17) is 0 Å². The third-order valence-electron chi connectivity index (χ3n) is 4.05. The fourth-order valence-electron chi connectivity index (χ4n) is 2.94. The van der Waals surface area contributed by atoms with Crippen molar-refractivity contribution < 1.29 is 8.42 Å². The van der Waals surface area contributed by atoms with E-state index in [0.717, 1.165) is 30.4 Å². The molecule has 0 unspecified atom stereocenters.